The van der Waals surface area contributed by atoms with Crippen LogP contribution in [0.1, 0.15) is 17.2 Å². The smallest absolute Gasteiger partial charge is 0.407 e. The second-order valence-electron chi connectivity index (χ2n) is 5.35. The zero-order chi connectivity index (χ0) is 17.9. The van der Waals surface area contributed by atoms with Crippen LogP contribution in [0.5, 0.6) is 0 Å². The van der Waals surface area contributed by atoms with Gasteiger partial charge in [-0.2, -0.15) is 0 Å². The van der Waals surface area contributed by atoms with E-state index in [4.69, 9.17) is 9.47 Å². The average molecular weight is 342 g/mol. The summed E-state index contributed by atoms with van der Waals surface area (Å²) in [7, 11) is 1.59. The highest BCUT2D eigenvalue weighted by atomic mass is 16.5. The van der Waals surface area contributed by atoms with Crippen molar-refractivity contribution in [2.75, 3.05) is 20.2 Å². The fourth-order valence-corrected chi connectivity index (χ4v) is 2.20. The highest BCUT2D eigenvalue weighted by Crippen LogP contribution is 2.14. The number of methoxy groups -OCH3 is 1. The molecule has 0 aromatic heterocycles. The van der Waals surface area contributed by atoms with E-state index in [0.29, 0.717) is 6.54 Å². The van der Waals surface area contributed by atoms with Gasteiger partial charge in [0.25, 0.3) is 0 Å². The summed E-state index contributed by atoms with van der Waals surface area (Å²) >= 11 is 0. The van der Waals surface area contributed by atoms with Crippen LogP contribution in [0.3, 0.4) is 0 Å². The lowest BCUT2D eigenvalue weighted by atomic mass is 10.1. The summed E-state index contributed by atoms with van der Waals surface area (Å²) in [5.74, 6) is -0.311. The van der Waals surface area contributed by atoms with Crippen LogP contribution in [0.2, 0.25) is 0 Å². The summed E-state index contributed by atoms with van der Waals surface area (Å²) in [4.78, 5) is 23.4. The van der Waals surface area contributed by atoms with Gasteiger partial charge in [-0.05, 0) is 11.1 Å². The number of alkyl carbamates (subject to hydrolysis) is 1. The van der Waals surface area contributed by atoms with Gasteiger partial charge >= 0.3 is 6.09 Å². The van der Waals surface area contributed by atoms with Crippen LogP contribution in [-0.4, -0.2) is 32.2 Å². The summed E-state index contributed by atoms with van der Waals surface area (Å²) in [6.07, 6.45) is -0.875. The van der Waals surface area contributed by atoms with Crippen molar-refractivity contribution in [2.45, 2.75) is 12.7 Å². The van der Waals surface area contributed by atoms with Crippen molar-refractivity contribution in [3.63, 3.8) is 0 Å². The quantitative estimate of drug-likeness (QED) is 0.772. The van der Waals surface area contributed by atoms with Crippen LogP contribution in [0.4, 0.5) is 4.79 Å². The Balaban J connectivity index is 1.67. The number of hydrogen-bond acceptors (Lipinski definition) is 4. The molecule has 132 valence electrons. The van der Waals surface area contributed by atoms with Crippen LogP contribution in [0.25, 0.3) is 0 Å². The lowest BCUT2D eigenvalue weighted by Gasteiger charge is -2.16. The Hall–Kier alpha value is -2.86. The number of nitrogens with one attached hydrogen (secondary N) is 2. The zero-order valence-electron chi connectivity index (χ0n) is 14.1. The Morgan fingerprint density at radius 1 is 0.960 bits per heavy atom. The van der Waals surface area contributed by atoms with Crippen molar-refractivity contribution < 1.29 is 19.1 Å². The minimum absolute atomic E-state index is 0.154. The fourth-order valence-electron chi connectivity index (χ4n) is 2.20. The maximum absolute atomic E-state index is 11.8. The van der Waals surface area contributed by atoms with Crippen LogP contribution >= 0.6 is 0 Å². The standard InChI is InChI=1S/C19H22N2O4/c1-24-17(16-10-6-3-7-11-16)12-20-18(22)13-21-19(23)25-14-15-8-4-2-5-9-15/h2-11,17H,12-14H2,1H3,(H,20,22)(H,21,23)/t17-/m1/s1. The van der Waals surface area contributed by atoms with Crippen molar-refractivity contribution in [1.82, 2.24) is 10.6 Å². The van der Waals surface area contributed by atoms with Gasteiger partial charge in [0.1, 0.15) is 6.61 Å². The van der Waals surface area contributed by atoms with E-state index in [9.17, 15) is 9.59 Å². The number of amides is 2. The molecule has 2 aromatic rings. The van der Waals surface area contributed by atoms with Crippen molar-refractivity contribution in [3.8, 4) is 0 Å². The van der Waals surface area contributed by atoms with Crippen molar-refractivity contribution in [1.29, 1.82) is 0 Å². The molecule has 0 fully saturated rings. The molecule has 0 saturated carbocycles. The van der Waals surface area contributed by atoms with E-state index >= 15 is 0 Å². The molecule has 0 bridgehead atoms. The number of ether oxygens (including phenoxy) is 2. The summed E-state index contributed by atoms with van der Waals surface area (Å²) in [6, 6.07) is 18.9. The molecule has 0 unspecified atom stereocenters. The molecule has 2 amide bonds. The Morgan fingerprint density at radius 3 is 2.24 bits per heavy atom. The molecule has 2 aromatic carbocycles. The van der Waals surface area contributed by atoms with Crippen LogP contribution in [-0.2, 0) is 20.9 Å². The van der Waals surface area contributed by atoms with Gasteiger partial charge in [-0.1, -0.05) is 60.7 Å². The second-order valence-corrected chi connectivity index (χ2v) is 5.35. The minimum Gasteiger partial charge on any atom is -0.445 e. The molecule has 6 nitrogen and oxygen atoms in total. The summed E-state index contributed by atoms with van der Waals surface area (Å²) < 4.78 is 10.4. The monoisotopic (exact) mass is 342 g/mol. The number of benzene rings is 2. The molecule has 1 atom stereocenters. The van der Waals surface area contributed by atoms with Gasteiger partial charge in [0, 0.05) is 13.7 Å². The highest BCUT2D eigenvalue weighted by molar-refractivity contribution is 5.82. The van der Waals surface area contributed by atoms with Gasteiger partial charge in [0.05, 0.1) is 12.6 Å². The van der Waals surface area contributed by atoms with E-state index in [-0.39, 0.29) is 25.2 Å². The van der Waals surface area contributed by atoms with Crippen LogP contribution in [0, 0.1) is 0 Å². The molecule has 0 aliphatic rings. The maximum atomic E-state index is 11.8. The molecular weight excluding hydrogens is 320 g/mol. The van der Waals surface area contributed by atoms with E-state index in [1.165, 1.54) is 0 Å². The topological polar surface area (TPSA) is 76.7 Å². The van der Waals surface area contributed by atoms with Crippen molar-refractivity contribution >= 4 is 12.0 Å². The van der Waals surface area contributed by atoms with Gasteiger partial charge < -0.3 is 20.1 Å². The maximum Gasteiger partial charge on any atom is 0.407 e. The van der Waals surface area contributed by atoms with Crippen molar-refractivity contribution in [3.05, 3.63) is 71.8 Å². The van der Waals surface area contributed by atoms with E-state index in [2.05, 4.69) is 10.6 Å². The van der Waals surface area contributed by atoms with Crippen LogP contribution in [0.15, 0.2) is 60.7 Å². The molecule has 25 heavy (non-hydrogen) atoms. The summed E-state index contributed by atoms with van der Waals surface area (Å²) in [5, 5.41) is 5.15. The first-order valence-electron chi connectivity index (χ1n) is 7.98. The van der Waals surface area contributed by atoms with E-state index < -0.39 is 6.09 Å². The first kappa shape index (κ1) is 18.5. The Bertz CT molecular complexity index is 662. The van der Waals surface area contributed by atoms with Gasteiger partial charge in [-0.3, -0.25) is 4.79 Å². The van der Waals surface area contributed by atoms with Gasteiger partial charge in [-0.15, -0.1) is 0 Å². The number of carbonyl (C=O) groups is 2. The molecule has 0 aliphatic heterocycles. The molecular formula is C19H22N2O4. The predicted molar refractivity (Wildman–Crippen MR) is 93.8 cm³/mol. The van der Waals surface area contributed by atoms with Crippen molar-refractivity contribution in [2.24, 2.45) is 0 Å². The van der Waals surface area contributed by atoms with Gasteiger partial charge in [-0.25, -0.2) is 4.79 Å². The van der Waals surface area contributed by atoms with E-state index in [0.717, 1.165) is 11.1 Å². The highest BCUT2D eigenvalue weighted by Gasteiger charge is 2.12. The average Bonchev–Trinajstić information content (AvgIpc) is 2.67. The molecule has 0 aliphatic carbocycles. The molecule has 0 radical (unpaired) electrons. The summed E-state index contributed by atoms with van der Waals surface area (Å²) in [5.41, 5.74) is 1.86. The Morgan fingerprint density at radius 2 is 1.60 bits per heavy atom. The molecule has 2 rings (SSSR count). The first-order valence-corrected chi connectivity index (χ1v) is 7.98. The number of rotatable bonds is 8. The third-order valence-corrected chi connectivity index (χ3v) is 3.55. The lowest BCUT2D eigenvalue weighted by Crippen LogP contribution is -2.38. The van der Waals surface area contributed by atoms with Gasteiger partial charge in [0.15, 0.2) is 0 Å². The Kier molecular flexibility index (Phi) is 7.46. The third-order valence-electron chi connectivity index (χ3n) is 3.55. The molecule has 0 saturated heterocycles. The zero-order valence-corrected chi connectivity index (χ0v) is 14.1. The number of hydrogen-bond donors (Lipinski definition) is 2. The normalized spacial score (nSPS) is 11.4. The van der Waals surface area contributed by atoms with E-state index in [1.807, 2.05) is 60.7 Å². The first-order chi connectivity index (χ1) is 12.2. The van der Waals surface area contributed by atoms with Crippen LogP contribution < -0.4 is 10.6 Å². The number of carbonyl (C=O) groups excluding carboxylic acids is 2. The fraction of sp³-hybridized carbons (Fsp3) is 0.263. The largest absolute Gasteiger partial charge is 0.445 e. The van der Waals surface area contributed by atoms with Gasteiger partial charge in [0.2, 0.25) is 5.91 Å². The molecule has 2 N–H and O–H groups in total. The lowest BCUT2D eigenvalue weighted by molar-refractivity contribution is -0.120. The summed E-state index contributed by atoms with van der Waals surface area (Å²) in [6.45, 7) is 0.326. The second kappa shape index (κ2) is 10.1. The van der Waals surface area contributed by atoms with E-state index in [1.54, 1.807) is 7.11 Å². The third kappa shape index (κ3) is 6.64. The SMILES string of the molecule is CO[C@H](CNC(=O)CNC(=O)OCc1ccccc1)c1ccccc1. The predicted octanol–water partition coefficient (Wildman–Crippen LogP) is 2.42. The molecule has 0 spiro atoms. The Labute approximate surface area is 147 Å². The minimum atomic E-state index is -0.634. The molecule has 6 heteroatoms. The molecule has 0 heterocycles.